The number of benzene rings is 5. The summed E-state index contributed by atoms with van der Waals surface area (Å²) in [6, 6.07) is 17.5. The summed E-state index contributed by atoms with van der Waals surface area (Å²) in [6.07, 6.45) is 0. The van der Waals surface area contributed by atoms with Crippen molar-refractivity contribution in [2.24, 2.45) is 20.5 Å². The van der Waals surface area contributed by atoms with Crippen LogP contribution < -0.4 is 26.0 Å². The highest BCUT2D eigenvalue weighted by Gasteiger charge is 2.27. The fraction of sp³-hybridized carbons (Fsp3) is 0.122. The van der Waals surface area contributed by atoms with Crippen LogP contribution in [0.3, 0.4) is 0 Å². The largest absolute Gasteiger partial charge is 0.476 e. The van der Waals surface area contributed by atoms with Crippen LogP contribution in [0.2, 0.25) is 30.1 Å². The van der Waals surface area contributed by atoms with Crippen LogP contribution in [0.5, 0.6) is 5.75 Å². The van der Waals surface area contributed by atoms with Gasteiger partial charge in [-0.1, -0.05) is 81.2 Å². The zero-order chi connectivity index (χ0) is 46.0. The molecule has 2 atom stereocenters. The first kappa shape index (κ1) is 48.4. The molecule has 0 saturated heterocycles. The number of carbonyl (C=O) groups excluding carboxylic acids is 6. The van der Waals surface area contributed by atoms with E-state index in [2.05, 4.69) is 41.7 Å². The first-order valence-electron chi connectivity index (χ1n) is 17.8. The van der Waals surface area contributed by atoms with E-state index < -0.39 is 53.3 Å². The molecule has 0 aliphatic rings. The molecule has 5 aromatic rings. The lowest BCUT2D eigenvalue weighted by Crippen LogP contribution is -2.32. The third-order valence-corrected chi connectivity index (χ3v) is 10.5. The molecule has 324 valence electrons. The number of amides is 4. The fourth-order valence-corrected chi connectivity index (χ4v) is 6.21. The summed E-state index contributed by atoms with van der Waals surface area (Å²) < 4.78 is 5.46. The number of hydrogen-bond donors (Lipinski definition) is 4. The monoisotopic (exact) mass is 990 g/mol. The number of ether oxygens (including phenoxy) is 1. The molecular formula is C41H29Cl7N8O7. The van der Waals surface area contributed by atoms with Gasteiger partial charge in [-0.2, -0.15) is 20.5 Å². The highest BCUT2D eigenvalue weighted by molar-refractivity contribution is 6.42. The average Bonchev–Trinajstić information content (AvgIpc) is 3.22. The number of Topliss-reactive ketones (excluding diaryl/α,β-unsaturated/α-hetero) is 2. The number of azo groups is 2. The molecule has 0 aromatic heterocycles. The molecule has 0 aliphatic heterocycles. The predicted molar refractivity (Wildman–Crippen MR) is 245 cm³/mol. The Labute approximate surface area is 393 Å². The van der Waals surface area contributed by atoms with Crippen molar-refractivity contribution >= 4 is 151 Å². The van der Waals surface area contributed by atoms with Crippen molar-refractivity contribution in [3.05, 3.63) is 132 Å². The van der Waals surface area contributed by atoms with Gasteiger partial charge in [0, 0.05) is 34.3 Å². The molecule has 5 rings (SSSR count). The molecule has 5 aromatic carbocycles. The van der Waals surface area contributed by atoms with E-state index >= 15 is 0 Å². The first-order valence-corrected chi connectivity index (χ1v) is 20.6. The van der Waals surface area contributed by atoms with Crippen LogP contribution in [-0.2, 0) is 19.2 Å². The van der Waals surface area contributed by atoms with Gasteiger partial charge in [-0.05, 0) is 98.8 Å². The summed E-state index contributed by atoms with van der Waals surface area (Å²) in [4.78, 5) is 77.7. The van der Waals surface area contributed by atoms with Crippen LogP contribution in [0.1, 0.15) is 34.6 Å². The van der Waals surface area contributed by atoms with Gasteiger partial charge in [-0.3, -0.25) is 28.8 Å². The van der Waals surface area contributed by atoms with Gasteiger partial charge in [0.05, 0.1) is 35.8 Å². The molecule has 4 amide bonds. The normalized spacial score (nSPS) is 12.1. The Kier molecular flexibility index (Phi) is 17.0. The molecule has 4 N–H and O–H groups in total. The molecule has 22 heteroatoms. The fourth-order valence-electron chi connectivity index (χ4n) is 5.19. The van der Waals surface area contributed by atoms with Gasteiger partial charge in [0.15, 0.2) is 17.6 Å². The molecule has 0 bridgehead atoms. The molecule has 63 heavy (non-hydrogen) atoms. The lowest BCUT2D eigenvalue weighted by Gasteiger charge is -2.15. The molecule has 0 radical (unpaired) electrons. The van der Waals surface area contributed by atoms with Crippen LogP contribution in [-0.4, -0.2) is 53.3 Å². The number of alkyl halides is 1. The SMILES string of the molecule is CC(=O)C(N=Nc1cc(C(=O)Nc2ccc(Cl)c(Cl)c2)ccc1Cl)C(=O)Nc1ccc(NC(=O)C(N=Nc2cc(C(=O)Nc3ccc(Cl)c(Cl)c3)ccc2Cl)C(C)=O)c(OCCl)c1. The van der Waals surface area contributed by atoms with Gasteiger partial charge < -0.3 is 26.0 Å². The van der Waals surface area contributed by atoms with E-state index in [9.17, 15) is 28.8 Å². The number of halogens is 7. The number of rotatable bonds is 16. The Morgan fingerprint density at radius 1 is 0.508 bits per heavy atom. The summed E-state index contributed by atoms with van der Waals surface area (Å²) >= 11 is 42.4. The van der Waals surface area contributed by atoms with Crippen molar-refractivity contribution in [1.29, 1.82) is 0 Å². The van der Waals surface area contributed by atoms with E-state index in [0.717, 1.165) is 13.8 Å². The Hall–Kier alpha value is -5.65. The van der Waals surface area contributed by atoms with E-state index in [1.165, 1.54) is 78.9 Å². The minimum atomic E-state index is -1.69. The third kappa shape index (κ3) is 13.2. The zero-order valence-corrected chi connectivity index (χ0v) is 37.6. The van der Waals surface area contributed by atoms with E-state index in [-0.39, 0.29) is 59.7 Å². The smallest absolute Gasteiger partial charge is 0.258 e. The Morgan fingerprint density at radius 3 is 1.35 bits per heavy atom. The second kappa shape index (κ2) is 22.1. The standard InChI is InChI=1S/C41H29Cl7N8O7/c1-19(57)36(55-53-33-13-21(3-8-28(33)45)38(59)49-23-5-10-26(43)30(47)15-23)40(61)51-25-7-12-32(35(17-25)63-18-42)52-41(62)37(20(2)58)56-54-34-14-22(4-9-29(34)46)39(60)50-24-6-11-27(44)31(48)16-24/h3-17,36-37H,18H2,1-2H3,(H,49,59)(H,50,60)(H,51,61)(H,52,62). The highest BCUT2D eigenvalue weighted by atomic mass is 35.5. The summed E-state index contributed by atoms with van der Waals surface area (Å²) in [5.41, 5.74) is 1.04. The molecule has 0 aliphatic carbocycles. The van der Waals surface area contributed by atoms with Crippen LogP contribution in [0.4, 0.5) is 34.1 Å². The summed E-state index contributed by atoms with van der Waals surface area (Å²) in [7, 11) is 0. The van der Waals surface area contributed by atoms with Crippen LogP contribution in [0.15, 0.2) is 111 Å². The van der Waals surface area contributed by atoms with Gasteiger partial charge in [0.1, 0.15) is 17.1 Å². The molecule has 0 spiro atoms. The van der Waals surface area contributed by atoms with E-state index in [4.69, 9.17) is 85.9 Å². The minimum Gasteiger partial charge on any atom is -0.476 e. The van der Waals surface area contributed by atoms with E-state index in [1.807, 2.05) is 0 Å². The van der Waals surface area contributed by atoms with E-state index in [1.54, 1.807) is 12.1 Å². The number of anilines is 4. The van der Waals surface area contributed by atoms with Crippen LogP contribution in [0, 0.1) is 0 Å². The second-order valence-corrected chi connectivity index (χ2v) is 15.6. The third-order valence-electron chi connectivity index (χ3n) is 8.32. The van der Waals surface area contributed by atoms with Crippen molar-refractivity contribution < 1.29 is 33.5 Å². The molecule has 0 saturated carbocycles. The van der Waals surface area contributed by atoms with Crippen molar-refractivity contribution in [2.75, 3.05) is 27.3 Å². The van der Waals surface area contributed by atoms with Crippen molar-refractivity contribution in [2.45, 2.75) is 25.9 Å². The minimum absolute atomic E-state index is 0.0135. The lowest BCUT2D eigenvalue weighted by molar-refractivity contribution is -0.127. The maximum atomic E-state index is 13.4. The summed E-state index contributed by atoms with van der Waals surface area (Å²) in [5, 5.41) is 27.4. The second-order valence-electron chi connectivity index (χ2n) is 12.9. The van der Waals surface area contributed by atoms with Gasteiger partial charge >= 0.3 is 0 Å². The molecule has 0 fully saturated rings. The number of carbonyl (C=O) groups is 6. The molecule has 15 nitrogen and oxygen atoms in total. The van der Waals surface area contributed by atoms with Crippen molar-refractivity contribution in [3.63, 3.8) is 0 Å². The predicted octanol–water partition coefficient (Wildman–Crippen LogP) is 12.0. The number of nitrogens with one attached hydrogen (secondary N) is 4. The maximum absolute atomic E-state index is 13.4. The molecule has 0 heterocycles. The van der Waals surface area contributed by atoms with Gasteiger partial charge in [-0.15, -0.1) is 0 Å². The van der Waals surface area contributed by atoms with Crippen LogP contribution >= 0.6 is 81.2 Å². The van der Waals surface area contributed by atoms with Gasteiger partial charge in [0.25, 0.3) is 23.6 Å². The number of ketones is 2. The van der Waals surface area contributed by atoms with Gasteiger partial charge in [0.2, 0.25) is 12.1 Å². The first-order chi connectivity index (χ1) is 29.9. The number of nitrogens with zero attached hydrogens (tertiary/aromatic N) is 4. The quantitative estimate of drug-likeness (QED) is 0.0426. The Bertz CT molecular complexity index is 2700. The highest BCUT2D eigenvalue weighted by Crippen LogP contribution is 2.32. The van der Waals surface area contributed by atoms with Crippen LogP contribution in [0.25, 0.3) is 0 Å². The van der Waals surface area contributed by atoms with Crippen molar-refractivity contribution in [3.8, 4) is 5.75 Å². The topological polar surface area (TPSA) is 209 Å². The summed E-state index contributed by atoms with van der Waals surface area (Å²) in [6.45, 7) is 2.24. The van der Waals surface area contributed by atoms with Gasteiger partial charge in [-0.25, -0.2) is 0 Å². The molecular weight excluding hydrogens is 965 g/mol. The van der Waals surface area contributed by atoms with Crippen molar-refractivity contribution in [1.82, 2.24) is 0 Å². The zero-order valence-electron chi connectivity index (χ0n) is 32.3. The summed E-state index contributed by atoms with van der Waals surface area (Å²) in [5.74, 6) is -4.38. The number of hydrogen-bond acceptors (Lipinski definition) is 11. The molecule has 2 unspecified atom stereocenters. The Morgan fingerprint density at radius 2 is 0.921 bits per heavy atom. The Balaban J connectivity index is 1.28. The maximum Gasteiger partial charge on any atom is 0.258 e. The lowest BCUT2D eigenvalue weighted by atomic mass is 10.1. The van der Waals surface area contributed by atoms with E-state index in [0.29, 0.717) is 21.4 Å². The average molecular weight is 994 g/mol.